The van der Waals surface area contributed by atoms with Gasteiger partial charge in [-0.3, -0.25) is 4.79 Å². The van der Waals surface area contributed by atoms with Crippen molar-refractivity contribution in [2.75, 3.05) is 34.4 Å². The molecule has 0 aliphatic carbocycles. The largest absolute Gasteiger partial charge is 0.497 e. The number of halogens is 1. The lowest BCUT2D eigenvalue weighted by molar-refractivity contribution is -0.131. The molecule has 0 N–H and O–H groups in total. The summed E-state index contributed by atoms with van der Waals surface area (Å²) in [5.74, 6) is 0.590. The molecule has 0 fully saturated rings. The number of carbonyl (C=O) groups is 2. The zero-order chi connectivity index (χ0) is 23.3. The van der Waals surface area contributed by atoms with Crippen molar-refractivity contribution in [2.45, 2.75) is 6.92 Å². The average molecular weight is 459 g/mol. The Morgan fingerprint density at radius 3 is 2.69 bits per heavy atom. The number of likely N-dealkylation sites (N-methyl/N-ethyl adjacent to an activating group) is 1. The van der Waals surface area contributed by atoms with E-state index in [1.165, 1.54) is 4.90 Å². The summed E-state index contributed by atoms with van der Waals surface area (Å²) in [5.41, 5.74) is 1.29. The fourth-order valence-electron chi connectivity index (χ4n) is 2.78. The third-order valence-corrected chi connectivity index (χ3v) is 4.69. The minimum Gasteiger partial charge on any atom is -0.497 e. The second-order valence-corrected chi connectivity index (χ2v) is 7.32. The van der Waals surface area contributed by atoms with Gasteiger partial charge < -0.3 is 23.8 Å². The van der Waals surface area contributed by atoms with Gasteiger partial charge in [0.05, 0.1) is 18.7 Å². The van der Waals surface area contributed by atoms with Gasteiger partial charge in [0.25, 0.3) is 5.91 Å². The number of nitrogens with zero attached hydrogens (tertiary/aromatic N) is 2. The number of hydrogen-bond donors (Lipinski definition) is 0. The molecule has 1 aliphatic heterocycles. The van der Waals surface area contributed by atoms with Crippen LogP contribution in [-0.4, -0.2) is 57.1 Å². The van der Waals surface area contributed by atoms with Gasteiger partial charge in [0.1, 0.15) is 5.75 Å². The van der Waals surface area contributed by atoms with Crippen molar-refractivity contribution in [3.8, 4) is 17.2 Å². The third-order valence-electron chi connectivity index (χ3n) is 4.41. The van der Waals surface area contributed by atoms with E-state index in [4.69, 9.17) is 30.5 Å². The Labute approximate surface area is 191 Å². The van der Waals surface area contributed by atoms with Gasteiger partial charge in [0.15, 0.2) is 23.8 Å². The summed E-state index contributed by atoms with van der Waals surface area (Å²) < 4.78 is 21.7. The van der Waals surface area contributed by atoms with Crippen LogP contribution in [0.4, 0.5) is 0 Å². The summed E-state index contributed by atoms with van der Waals surface area (Å²) in [5, 5.41) is 0.234. The van der Waals surface area contributed by atoms with Gasteiger partial charge in [-0.05, 0) is 48.9 Å². The minimum absolute atomic E-state index is 0.109. The zero-order valence-corrected chi connectivity index (χ0v) is 18.9. The highest BCUT2D eigenvalue weighted by Gasteiger charge is 2.25. The van der Waals surface area contributed by atoms with Crippen molar-refractivity contribution in [3.05, 3.63) is 58.2 Å². The number of hydrogen-bond acceptors (Lipinski definition) is 7. The first-order valence-corrected chi connectivity index (χ1v) is 10.2. The number of methoxy groups -OCH3 is 1. The molecule has 168 valence electrons. The van der Waals surface area contributed by atoms with Gasteiger partial charge in [0, 0.05) is 19.7 Å². The van der Waals surface area contributed by atoms with Crippen molar-refractivity contribution < 1.29 is 28.5 Å². The highest BCUT2D eigenvalue weighted by molar-refractivity contribution is 6.32. The Kier molecular flexibility index (Phi) is 7.37. The Bertz CT molecular complexity index is 1090. The van der Waals surface area contributed by atoms with E-state index in [0.29, 0.717) is 29.2 Å². The summed E-state index contributed by atoms with van der Waals surface area (Å²) in [4.78, 5) is 29.9. The monoisotopic (exact) mass is 458 g/mol. The van der Waals surface area contributed by atoms with Crippen LogP contribution in [0.2, 0.25) is 5.02 Å². The van der Waals surface area contributed by atoms with E-state index in [2.05, 4.69) is 4.99 Å². The molecular formula is C23H23ClN2O6. The standard InChI is InChI=1S/C23H23ClN2O6/c1-5-30-19-11-14(9-17(24)21(19)31-13-20(27)26(2)3)10-18-23(28)32-22(25-18)15-7-6-8-16(12-15)29-4/h6-12H,5,13H2,1-4H3. The molecule has 0 saturated carbocycles. The lowest BCUT2D eigenvalue weighted by atomic mass is 10.1. The second kappa shape index (κ2) is 10.2. The molecular weight excluding hydrogens is 436 g/mol. The molecule has 0 radical (unpaired) electrons. The van der Waals surface area contributed by atoms with E-state index in [-0.39, 0.29) is 34.9 Å². The van der Waals surface area contributed by atoms with E-state index in [0.717, 1.165) is 0 Å². The van der Waals surface area contributed by atoms with Crippen molar-refractivity contribution >= 4 is 35.5 Å². The first-order chi connectivity index (χ1) is 15.3. The van der Waals surface area contributed by atoms with Crippen LogP contribution in [0.15, 0.2) is 47.1 Å². The number of esters is 1. The van der Waals surface area contributed by atoms with Gasteiger partial charge in [-0.25, -0.2) is 9.79 Å². The van der Waals surface area contributed by atoms with E-state index < -0.39 is 5.97 Å². The second-order valence-electron chi connectivity index (χ2n) is 6.91. The predicted molar refractivity (Wildman–Crippen MR) is 120 cm³/mol. The van der Waals surface area contributed by atoms with E-state index in [1.807, 2.05) is 6.92 Å². The molecule has 2 aromatic rings. The Morgan fingerprint density at radius 1 is 1.22 bits per heavy atom. The molecule has 8 nitrogen and oxygen atoms in total. The molecule has 0 aromatic heterocycles. The zero-order valence-electron chi connectivity index (χ0n) is 18.2. The van der Waals surface area contributed by atoms with Crippen molar-refractivity contribution in [1.82, 2.24) is 4.90 Å². The molecule has 3 rings (SSSR count). The number of aliphatic imine (C=N–C) groups is 1. The smallest absolute Gasteiger partial charge is 0.363 e. The predicted octanol–water partition coefficient (Wildman–Crippen LogP) is 3.56. The normalized spacial score (nSPS) is 14.1. The van der Waals surface area contributed by atoms with Crippen LogP contribution in [0.5, 0.6) is 17.2 Å². The first-order valence-electron chi connectivity index (χ1n) is 9.78. The summed E-state index contributed by atoms with van der Waals surface area (Å²) in [6.45, 7) is 1.98. The van der Waals surface area contributed by atoms with Crippen LogP contribution in [-0.2, 0) is 14.3 Å². The Morgan fingerprint density at radius 2 is 2.00 bits per heavy atom. The highest BCUT2D eigenvalue weighted by Crippen LogP contribution is 2.37. The molecule has 0 bridgehead atoms. The number of ether oxygens (including phenoxy) is 4. The SMILES string of the molecule is CCOc1cc(C=C2N=C(c3cccc(OC)c3)OC2=O)cc(Cl)c1OCC(=O)N(C)C. The summed E-state index contributed by atoms with van der Waals surface area (Å²) in [6, 6.07) is 10.3. The van der Waals surface area contributed by atoms with Crippen molar-refractivity contribution in [3.63, 3.8) is 0 Å². The van der Waals surface area contributed by atoms with Crippen LogP contribution in [0.1, 0.15) is 18.1 Å². The number of carbonyl (C=O) groups excluding carboxylic acids is 2. The number of cyclic esters (lactones) is 1. The van der Waals surface area contributed by atoms with E-state index >= 15 is 0 Å². The molecule has 2 aromatic carbocycles. The van der Waals surface area contributed by atoms with E-state index in [1.54, 1.807) is 63.7 Å². The maximum Gasteiger partial charge on any atom is 0.363 e. The quantitative estimate of drug-likeness (QED) is 0.444. The summed E-state index contributed by atoms with van der Waals surface area (Å²) >= 11 is 6.39. The van der Waals surface area contributed by atoms with Crippen LogP contribution >= 0.6 is 11.6 Å². The van der Waals surface area contributed by atoms with Crippen LogP contribution in [0, 0.1) is 0 Å². The number of amides is 1. The van der Waals surface area contributed by atoms with Gasteiger partial charge in [-0.1, -0.05) is 17.7 Å². The fourth-order valence-corrected chi connectivity index (χ4v) is 3.06. The minimum atomic E-state index is -0.589. The van der Waals surface area contributed by atoms with Crippen LogP contribution in [0.25, 0.3) is 6.08 Å². The Hall–Kier alpha value is -3.52. The summed E-state index contributed by atoms with van der Waals surface area (Å²) in [6.07, 6.45) is 1.54. The maximum atomic E-state index is 12.4. The molecule has 1 aliphatic rings. The number of benzene rings is 2. The molecule has 0 atom stereocenters. The molecule has 0 spiro atoms. The third kappa shape index (κ3) is 5.39. The van der Waals surface area contributed by atoms with Gasteiger partial charge >= 0.3 is 5.97 Å². The lowest BCUT2D eigenvalue weighted by Crippen LogP contribution is -2.27. The molecule has 0 unspecified atom stereocenters. The molecule has 1 amide bonds. The Balaban J connectivity index is 1.90. The van der Waals surface area contributed by atoms with Gasteiger partial charge in [-0.15, -0.1) is 0 Å². The van der Waals surface area contributed by atoms with Crippen molar-refractivity contribution in [1.29, 1.82) is 0 Å². The molecule has 0 saturated heterocycles. The molecule has 1 heterocycles. The topological polar surface area (TPSA) is 86.7 Å². The van der Waals surface area contributed by atoms with Gasteiger partial charge in [0.2, 0.25) is 5.90 Å². The highest BCUT2D eigenvalue weighted by atomic mass is 35.5. The van der Waals surface area contributed by atoms with Gasteiger partial charge in [-0.2, -0.15) is 0 Å². The summed E-state index contributed by atoms with van der Waals surface area (Å²) in [7, 11) is 4.82. The molecule has 9 heteroatoms. The fraction of sp³-hybridized carbons (Fsp3) is 0.261. The van der Waals surface area contributed by atoms with Crippen LogP contribution in [0.3, 0.4) is 0 Å². The lowest BCUT2D eigenvalue weighted by Gasteiger charge is -2.16. The first kappa shape index (κ1) is 23.1. The van der Waals surface area contributed by atoms with Crippen LogP contribution < -0.4 is 14.2 Å². The average Bonchev–Trinajstić information content (AvgIpc) is 3.13. The van der Waals surface area contributed by atoms with E-state index in [9.17, 15) is 9.59 Å². The van der Waals surface area contributed by atoms with Crippen molar-refractivity contribution in [2.24, 2.45) is 4.99 Å². The number of rotatable bonds is 8. The molecule has 32 heavy (non-hydrogen) atoms. The maximum absolute atomic E-state index is 12.4.